The molecule has 0 saturated carbocycles. The fraction of sp³-hybridized carbons (Fsp3) is 0.167. The lowest BCUT2D eigenvalue weighted by atomic mass is 10.1. The van der Waals surface area contributed by atoms with Gasteiger partial charge in [0.15, 0.2) is 0 Å². The molecule has 8 nitrogen and oxygen atoms in total. The van der Waals surface area contributed by atoms with Crippen LogP contribution >= 0.6 is 11.3 Å². The van der Waals surface area contributed by atoms with Crippen molar-refractivity contribution in [2.24, 2.45) is 0 Å². The van der Waals surface area contributed by atoms with E-state index in [1.54, 1.807) is 42.5 Å². The topological polar surface area (TPSA) is 96.0 Å². The van der Waals surface area contributed by atoms with Gasteiger partial charge >= 0.3 is 12.0 Å². The van der Waals surface area contributed by atoms with Crippen LogP contribution in [0.5, 0.6) is 0 Å². The highest BCUT2D eigenvalue weighted by Gasteiger charge is 2.46. The molecular formula is C24H21N3O5S. The monoisotopic (exact) mass is 463 g/mol. The number of rotatable bonds is 7. The number of benzene rings is 2. The zero-order valence-corrected chi connectivity index (χ0v) is 18.6. The largest absolute Gasteiger partial charge is 0.465 e. The molecule has 1 atom stereocenters. The summed E-state index contributed by atoms with van der Waals surface area (Å²) in [6.07, 6.45) is -0.196. The number of imide groups is 1. The summed E-state index contributed by atoms with van der Waals surface area (Å²) >= 11 is 1.48. The molecule has 1 saturated heterocycles. The van der Waals surface area contributed by atoms with Gasteiger partial charge in [-0.2, -0.15) is 0 Å². The Balaban J connectivity index is 1.52. The highest BCUT2D eigenvalue weighted by atomic mass is 32.1. The number of urea groups is 1. The lowest BCUT2D eigenvalue weighted by Gasteiger charge is -2.21. The average molecular weight is 464 g/mol. The van der Waals surface area contributed by atoms with Crippen molar-refractivity contribution < 1.29 is 23.9 Å². The zero-order chi connectivity index (χ0) is 23.4. The Morgan fingerprint density at radius 3 is 2.36 bits per heavy atom. The number of esters is 1. The second kappa shape index (κ2) is 9.66. The summed E-state index contributed by atoms with van der Waals surface area (Å²) in [6.45, 7) is 0.233. The van der Waals surface area contributed by atoms with Gasteiger partial charge in [0.1, 0.15) is 6.04 Å². The van der Waals surface area contributed by atoms with Gasteiger partial charge in [0.25, 0.3) is 5.91 Å². The minimum atomic E-state index is -0.936. The van der Waals surface area contributed by atoms with Crippen molar-refractivity contribution in [2.75, 3.05) is 17.3 Å². The molecule has 0 bridgehead atoms. The minimum Gasteiger partial charge on any atom is -0.465 e. The van der Waals surface area contributed by atoms with Crippen molar-refractivity contribution in [2.45, 2.75) is 19.0 Å². The first kappa shape index (κ1) is 22.2. The van der Waals surface area contributed by atoms with Gasteiger partial charge < -0.3 is 15.0 Å². The van der Waals surface area contributed by atoms with E-state index in [9.17, 15) is 19.2 Å². The third kappa shape index (κ3) is 4.78. The van der Waals surface area contributed by atoms with Gasteiger partial charge in [-0.05, 0) is 47.8 Å². The normalized spacial score (nSPS) is 15.6. The Morgan fingerprint density at radius 2 is 1.73 bits per heavy atom. The maximum absolute atomic E-state index is 13.2. The van der Waals surface area contributed by atoms with E-state index in [0.29, 0.717) is 16.9 Å². The number of hydrogen-bond donors (Lipinski definition) is 1. The maximum atomic E-state index is 13.2. The number of methoxy groups -OCH3 is 1. The molecule has 1 fully saturated rings. The van der Waals surface area contributed by atoms with Crippen LogP contribution in [0, 0.1) is 0 Å². The third-order valence-electron chi connectivity index (χ3n) is 5.21. The number of ether oxygens (including phenoxy) is 1. The maximum Gasteiger partial charge on any atom is 0.337 e. The predicted molar refractivity (Wildman–Crippen MR) is 124 cm³/mol. The quantitative estimate of drug-likeness (QED) is 0.424. The van der Waals surface area contributed by atoms with E-state index in [1.807, 2.05) is 17.5 Å². The smallest absolute Gasteiger partial charge is 0.337 e. The molecule has 1 aliphatic rings. The first-order valence-electron chi connectivity index (χ1n) is 10.2. The summed E-state index contributed by atoms with van der Waals surface area (Å²) in [7, 11) is 1.29. The molecule has 1 aromatic heterocycles. The number of para-hydroxylation sites is 1. The van der Waals surface area contributed by atoms with Crippen molar-refractivity contribution in [1.29, 1.82) is 0 Å². The molecule has 0 spiro atoms. The van der Waals surface area contributed by atoms with E-state index in [2.05, 4.69) is 10.1 Å². The lowest BCUT2D eigenvalue weighted by Crippen LogP contribution is -2.37. The Bertz CT molecular complexity index is 1160. The summed E-state index contributed by atoms with van der Waals surface area (Å²) < 4.78 is 4.66. The van der Waals surface area contributed by atoms with Crippen molar-refractivity contribution in [1.82, 2.24) is 4.90 Å². The third-order valence-corrected chi connectivity index (χ3v) is 6.07. The summed E-state index contributed by atoms with van der Waals surface area (Å²) in [5.41, 5.74) is 1.28. The first-order valence-corrected chi connectivity index (χ1v) is 11.1. The van der Waals surface area contributed by atoms with E-state index >= 15 is 0 Å². The highest BCUT2D eigenvalue weighted by Crippen LogP contribution is 2.29. The Kier molecular flexibility index (Phi) is 6.50. The molecule has 2 aromatic carbocycles. The second-order valence-corrected chi connectivity index (χ2v) is 8.37. The second-order valence-electron chi connectivity index (χ2n) is 7.34. The average Bonchev–Trinajstić information content (AvgIpc) is 3.42. The van der Waals surface area contributed by atoms with Crippen LogP contribution in [-0.2, 0) is 20.9 Å². The molecule has 3 aromatic rings. The Labute approximate surface area is 194 Å². The highest BCUT2D eigenvalue weighted by molar-refractivity contribution is 7.09. The SMILES string of the molecule is COC(=O)c1ccc(NC(=O)C[C@@H]2C(=O)N(c3ccccc3)C(=O)N2Cc2cccs2)cc1. The molecule has 1 aliphatic heterocycles. The number of nitrogens with one attached hydrogen (secondary N) is 1. The summed E-state index contributed by atoms with van der Waals surface area (Å²) in [4.78, 5) is 54.2. The molecule has 0 radical (unpaired) electrons. The van der Waals surface area contributed by atoms with Crippen LogP contribution in [0.15, 0.2) is 72.1 Å². The number of amides is 4. The Morgan fingerprint density at radius 1 is 1.00 bits per heavy atom. The van der Waals surface area contributed by atoms with E-state index in [-0.39, 0.29) is 13.0 Å². The van der Waals surface area contributed by atoms with Crippen LogP contribution in [-0.4, -0.2) is 41.9 Å². The molecule has 4 rings (SSSR count). The van der Waals surface area contributed by atoms with E-state index in [4.69, 9.17) is 0 Å². The molecule has 9 heteroatoms. The number of thiophene rings is 1. The Hall–Kier alpha value is -3.98. The van der Waals surface area contributed by atoms with Gasteiger partial charge in [-0.3, -0.25) is 9.59 Å². The molecule has 1 N–H and O–H groups in total. The van der Waals surface area contributed by atoms with Crippen molar-refractivity contribution in [3.63, 3.8) is 0 Å². The van der Waals surface area contributed by atoms with Gasteiger partial charge in [-0.15, -0.1) is 11.3 Å². The van der Waals surface area contributed by atoms with Crippen LogP contribution < -0.4 is 10.2 Å². The van der Waals surface area contributed by atoms with Gasteiger partial charge in [0.2, 0.25) is 5.91 Å². The van der Waals surface area contributed by atoms with Crippen LogP contribution in [0.4, 0.5) is 16.2 Å². The summed E-state index contributed by atoms with van der Waals surface area (Å²) in [5.74, 6) is -1.34. The number of anilines is 2. The fourth-order valence-electron chi connectivity index (χ4n) is 3.59. The standard InChI is InChI=1S/C24H21N3O5S/c1-32-23(30)16-9-11-17(12-10-16)25-21(28)14-20-22(29)27(18-6-3-2-4-7-18)24(31)26(20)15-19-8-5-13-33-19/h2-13,20H,14-15H2,1H3,(H,25,28)/t20-/m1/s1. The van der Waals surface area contributed by atoms with Gasteiger partial charge in [-0.1, -0.05) is 24.3 Å². The van der Waals surface area contributed by atoms with Crippen LogP contribution in [0.2, 0.25) is 0 Å². The first-order chi connectivity index (χ1) is 16.0. The van der Waals surface area contributed by atoms with Crippen molar-refractivity contribution in [3.8, 4) is 0 Å². The molecule has 0 aliphatic carbocycles. The van der Waals surface area contributed by atoms with E-state index in [1.165, 1.54) is 35.5 Å². The summed E-state index contributed by atoms with van der Waals surface area (Å²) in [5, 5.41) is 4.62. The summed E-state index contributed by atoms with van der Waals surface area (Å²) in [6, 6.07) is 17.2. The number of nitrogens with zero attached hydrogens (tertiary/aromatic N) is 2. The molecule has 168 valence electrons. The van der Waals surface area contributed by atoms with E-state index in [0.717, 1.165) is 9.78 Å². The number of carbonyl (C=O) groups excluding carboxylic acids is 4. The van der Waals surface area contributed by atoms with Gasteiger partial charge in [0, 0.05) is 10.6 Å². The molecule has 4 amide bonds. The van der Waals surface area contributed by atoms with Gasteiger partial charge in [0.05, 0.1) is 31.3 Å². The van der Waals surface area contributed by atoms with Crippen molar-refractivity contribution >= 4 is 46.5 Å². The van der Waals surface area contributed by atoms with E-state index < -0.39 is 29.9 Å². The fourth-order valence-corrected chi connectivity index (χ4v) is 4.30. The molecule has 0 unspecified atom stereocenters. The van der Waals surface area contributed by atoms with Crippen LogP contribution in [0.1, 0.15) is 21.7 Å². The predicted octanol–water partition coefficient (Wildman–Crippen LogP) is 3.90. The van der Waals surface area contributed by atoms with Crippen LogP contribution in [0.25, 0.3) is 0 Å². The van der Waals surface area contributed by atoms with Crippen LogP contribution in [0.3, 0.4) is 0 Å². The zero-order valence-electron chi connectivity index (χ0n) is 17.8. The van der Waals surface area contributed by atoms with Crippen molar-refractivity contribution in [3.05, 3.63) is 82.6 Å². The van der Waals surface area contributed by atoms with Gasteiger partial charge in [-0.25, -0.2) is 14.5 Å². The number of hydrogen-bond acceptors (Lipinski definition) is 6. The molecule has 2 heterocycles. The minimum absolute atomic E-state index is 0.196. The number of carbonyl (C=O) groups is 4. The lowest BCUT2D eigenvalue weighted by molar-refractivity contribution is -0.124. The molecular weight excluding hydrogens is 442 g/mol. The molecule has 33 heavy (non-hydrogen) atoms.